The van der Waals surface area contributed by atoms with Crippen molar-refractivity contribution < 1.29 is 4.74 Å². The van der Waals surface area contributed by atoms with E-state index in [2.05, 4.69) is 15.8 Å². The molecule has 4 nitrogen and oxygen atoms in total. The molecule has 1 saturated carbocycles. The van der Waals surface area contributed by atoms with Crippen molar-refractivity contribution in [3.8, 4) is 0 Å². The molecule has 1 aliphatic carbocycles. The summed E-state index contributed by atoms with van der Waals surface area (Å²) in [6, 6.07) is 2.63. The standard InChI is InChI=1S/C12H19N3O/c13-12(4-5-12)9-11-1-6-14-15(11)10-2-7-16-8-3-10/h1,6,10H,2-5,7-9,13H2. The Morgan fingerprint density at radius 2 is 2.19 bits per heavy atom. The molecule has 0 radical (unpaired) electrons. The first kappa shape index (κ1) is 10.3. The summed E-state index contributed by atoms with van der Waals surface area (Å²) >= 11 is 0. The topological polar surface area (TPSA) is 53.1 Å². The highest BCUT2D eigenvalue weighted by Gasteiger charge is 2.39. The first-order valence-electron chi connectivity index (χ1n) is 6.16. The lowest BCUT2D eigenvalue weighted by atomic mass is 10.1. The van der Waals surface area contributed by atoms with Gasteiger partial charge in [-0.3, -0.25) is 4.68 Å². The van der Waals surface area contributed by atoms with Crippen LogP contribution in [0.25, 0.3) is 0 Å². The highest BCUT2D eigenvalue weighted by Crippen LogP contribution is 2.36. The monoisotopic (exact) mass is 221 g/mol. The molecule has 4 heteroatoms. The summed E-state index contributed by atoms with van der Waals surface area (Å²) in [5, 5.41) is 4.46. The number of nitrogens with zero attached hydrogens (tertiary/aromatic N) is 2. The molecule has 1 aromatic rings. The lowest BCUT2D eigenvalue weighted by molar-refractivity contribution is 0.0653. The summed E-state index contributed by atoms with van der Waals surface area (Å²) in [5.74, 6) is 0. The zero-order valence-corrected chi connectivity index (χ0v) is 9.56. The van der Waals surface area contributed by atoms with Crippen LogP contribution in [0.5, 0.6) is 0 Å². The minimum atomic E-state index is 0.0724. The van der Waals surface area contributed by atoms with E-state index in [0.29, 0.717) is 6.04 Å². The van der Waals surface area contributed by atoms with E-state index in [1.54, 1.807) is 0 Å². The number of ether oxygens (including phenoxy) is 1. The normalized spacial score (nSPS) is 24.6. The predicted octanol–water partition coefficient (Wildman–Crippen LogP) is 1.27. The summed E-state index contributed by atoms with van der Waals surface area (Å²) < 4.78 is 7.56. The summed E-state index contributed by atoms with van der Waals surface area (Å²) in [4.78, 5) is 0. The molecule has 0 unspecified atom stereocenters. The van der Waals surface area contributed by atoms with Crippen LogP contribution in [0.1, 0.15) is 37.4 Å². The van der Waals surface area contributed by atoms with Crippen LogP contribution in [0, 0.1) is 0 Å². The van der Waals surface area contributed by atoms with Gasteiger partial charge in [0.15, 0.2) is 0 Å². The maximum absolute atomic E-state index is 6.17. The fourth-order valence-corrected chi connectivity index (χ4v) is 2.44. The van der Waals surface area contributed by atoms with Gasteiger partial charge in [0.2, 0.25) is 0 Å². The predicted molar refractivity (Wildman–Crippen MR) is 61.2 cm³/mol. The van der Waals surface area contributed by atoms with Crippen LogP contribution in [-0.2, 0) is 11.2 Å². The van der Waals surface area contributed by atoms with Crippen molar-refractivity contribution in [3.63, 3.8) is 0 Å². The van der Waals surface area contributed by atoms with Crippen molar-refractivity contribution in [2.75, 3.05) is 13.2 Å². The van der Waals surface area contributed by atoms with E-state index >= 15 is 0 Å². The van der Waals surface area contributed by atoms with Crippen LogP contribution in [0.3, 0.4) is 0 Å². The Hall–Kier alpha value is -0.870. The van der Waals surface area contributed by atoms with Crippen molar-refractivity contribution in [2.24, 2.45) is 5.73 Å². The third-order valence-corrected chi connectivity index (χ3v) is 3.71. The van der Waals surface area contributed by atoms with Gasteiger partial charge in [-0.15, -0.1) is 0 Å². The maximum atomic E-state index is 6.17. The largest absolute Gasteiger partial charge is 0.381 e. The fourth-order valence-electron chi connectivity index (χ4n) is 2.44. The average molecular weight is 221 g/mol. The highest BCUT2D eigenvalue weighted by molar-refractivity contribution is 5.13. The van der Waals surface area contributed by atoms with E-state index < -0.39 is 0 Å². The van der Waals surface area contributed by atoms with Gasteiger partial charge in [-0.25, -0.2) is 0 Å². The molecule has 16 heavy (non-hydrogen) atoms. The van der Waals surface area contributed by atoms with E-state index in [4.69, 9.17) is 10.5 Å². The number of aromatic nitrogens is 2. The average Bonchev–Trinajstić information content (AvgIpc) is 2.86. The fraction of sp³-hybridized carbons (Fsp3) is 0.750. The second-order valence-electron chi connectivity index (χ2n) is 5.15. The Morgan fingerprint density at radius 3 is 2.88 bits per heavy atom. The van der Waals surface area contributed by atoms with Crippen molar-refractivity contribution in [3.05, 3.63) is 18.0 Å². The molecule has 1 saturated heterocycles. The molecule has 1 aromatic heterocycles. The molecule has 0 amide bonds. The van der Waals surface area contributed by atoms with Gasteiger partial charge in [0.25, 0.3) is 0 Å². The van der Waals surface area contributed by atoms with Crippen molar-refractivity contribution in [1.29, 1.82) is 0 Å². The van der Waals surface area contributed by atoms with Gasteiger partial charge in [-0.05, 0) is 31.7 Å². The second kappa shape index (κ2) is 3.86. The number of rotatable bonds is 3. The van der Waals surface area contributed by atoms with E-state index in [9.17, 15) is 0 Å². The van der Waals surface area contributed by atoms with Gasteiger partial charge >= 0.3 is 0 Å². The Bertz CT molecular complexity index is 364. The van der Waals surface area contributed by atoms with Crippen LogP contribution in [0.15, 0.2) is 12.3 Å². The molecule has 2 fully saturated rings. The first-order valence-corrected chi connectivity index (χ1v) is 6.16. The second-order valence-corrected chi connectivity index (χ2v) is 5.15. The van der Waals surface area contributed by atoms with Crippen LogP contribution in [0.2, 0.25) is 0 Å². The molecular formula is C12H19N3O. The van der Waals surface area contributed by atoms with Gasteiger partial charge in [-0.2, -0.15) is 5.10 Å². The lowest BCUT2D eigenvalue weighted by Gasteiger charge is -2.25. The third kappa shape index (κ3) is 1.99. The van der Waals surface area contributed by atoms with E-state index in [0.717, 1.165) is 45.3 Å². The molecule has 3 rings (SSSR count). The van der Waals surface area contributed by atoms with E-state index in [1.165, 1.54) is 5.69 Å². The minimum Gasteiger partial charge on any atom is -0.381 e. The first-order chi connectivity index (χ1) is 7.77. The van der Waals surface area contributed by atoms with Gasteiger partial charge < -0.3 is 10.5 Å². The van der Waals surface area contributed by atoms with Crippen LogP contribution < -0.4 is 5.73 Å². The van der Waals surface area contributed by atoms with Gasteiger partial charge in [-0.1, -0.05) is 0 Å². The summed E-state index contributed by atoms with van der Waals surface area (Å²) in [5.41, 5.74) is 7.54. The highest BCUT2D eigenvalue weighted by atomic mass is 16.5. The summed E-state index contributed by atoms with van der Waals surface area (Å²) in [7, 11) is 0. The van der Waals surface area contributed by atoms with Crippen molar-refractivity contribution in [1.82, 2.24) is 9.78 Å². The zero-order chi connectivity index (χ0) is 11.0. The SMILES string of the molecule is NC1(Cc2ccnn2C2CCOCC2)CC1. The maximum Gasteiger partial charge on any atom is 0.0566 e. The smallest absolute Gasteiger partial charge is 0.0566 e. The Labute approximate surface area is 95.8 Å². The number of nitrogens with two attached hydrogens (primary N) is 1. The molecule has 0 aromatic carbocycles. The molecule has 2 N–H and O–H groups in total. The van der Waals surface area contributed by atoms with E-state index in [-0.39, 0.29) is 5.54 Å². The molecule has 0 atom stereocenters. The summed E-state index contributed by atoms with van der Waals surface area (Å²) in [6.45, 7) is 1.72. The zero-order valence-electron chi connectivity index (χ0n) is 9.56. The number of hydrogen-bond donors (Lipinski definition) is 1. The van der Waals surface area contributed by atoms with Gasteiger partial charge in [0.05, 0.1) is 6.04 Å². The van der Waals surface area contributed by atoms with Crippen molar-refractivity contribution in [2.45, 2.75) is 43.7 Å². The van der Waals surface area contributed by atoms with Gasteiger partial charge in [0.1, 0.15) is 0 Å². The molecule has 0 bridgehead atoms. The van der Waals surface area contributed by atoms with Crippen LogP contribution in [-0.4, -0.2) is 28.5 Å². The minimum absolute atomic E-state index is 0.0724. The molecule has 2 heterocycles. The van der Waals surface area contributed by atoms with Crippen LogP contribution in [0.4, 0.5) is 0 Å². The van der Waals surface area contributed by atoms with E-state index in [1.807, 2.05) is 6.20 Å². The van der Waals surface area contributed by atoms with Gasteiger partial charge in [0, 0.05) is 37.1 Å². The molecule has 1 aliphatic heterocycles. The molecule has 0 spiro atoms. The quantitative estimate of drug-likeness (QED) is 0.836. The third-order valence-electron chi connectivity index (χ3n) is 3.71. The molecular weight excluding hydrogens is 202 g/mol. The lowest BCUT2D eigenvalue weighted by Crippen LogP contribution is -2.28. The Kier molecular flexibility index (Phi) is 2.48. The Morgan fingerprint density at radius 1 is 1.44 bits per heavy atom. The Balaban J connectivity index is 1.75. The summed E-state index contributed by atoms with van der Waals surface area (Å²) in [6.07, 6.45) is 7.34. The molecule has 88 valence electrons. The molecule has 2 aliphatic rings. The van der Waals surface area contributed by atoms with Crippen LogP contribution >= 0.6 is 0 Å². The number of hydrogen-bond acceptors (Lipinski definition) is 3. The van der Waals surface area contributed by atoms with Crippen molar-refractivity contribution >= 4 is 0 Å².